The van der Waals surface area contributed by atoms with Gasteiger partial charge in [-0.05, 0) is 6.08 Å². The minimum atomic E-state index is -5.01. The summed E-state index contributed by atoms with van der Waals surface area (Å²) >= 11 is 0. The summed E-state index contributed by atoms with van der Waals surface area (Å²) in [6, 6.07) is 6.83. The third kappa shape index (κ3) is 2.39. The van der Waals surface area contributed by atoms with Crippen LogP contribution in [0.2, 0.25) is 0 Å². The molecule has 0 heterocycles. The first-order valence-electron chi connectivity index (χ1n) is 3.90. The van der Waals surface area contributed by atoms with E-state index in [1.165, 1.54) is 18.2 Å². The molecule has 0 unspecified atom stereocenters. The minimum Gasteiger partial charge on any atom is -0.445 e. The zero-order valence-corrected chi connectivity index (χ0v) is 7.12. The Hall–Kier alpha value is -1.70. The largest absolute Gasteiger partial charge is 0.510 e. The molecule has 1 aromatic rings. The highest BCUT2D eigenvalue weighted by molar-refractivity contribution is 6.74. The molecule has 0 spiro atoms. The molecule has 0 aromatic heterocycles. The van der Waals surface area contributed by atoms with Crippen LogP contribution in [0.25, 0.3) is 6.08 Å². The van der Waals surface area contributed by atoms with Crippen LogP contribution >= 0.6 is 0 Å². The number of allylic oxidation sites excluding steroid dienone is 1. The molecule has 0 aliphatic rings. The van der Waals surface area contributed by atoms with Crippen LogP contribution in [-0.4, -0.2) is 6.98 Å². The predicted molar refractivity (Wildman–Crippen MR) is 49.8 cm³/mol. The van der Waals surface area contributed by atoms with E-state index in [1.54, 1.807) is 6.07 Å². The molecule has 0 saturated heterocycles. The third-order valence-corrected chi connectivity index (χ3v) is 1.69. The monoisotopic (exact) mass is 196 g/mol. The highest BCUT2D eigenvalue weighted by Gasteiger charge is 2.26. The molecule has 0 saturated carbocycles. The van der Waals surface area contributed by atoms with E-state index in [-0.39, 0.29) is 5.56 Å². The van der Waals surface area contributed by atoms with Crippen molar-refractivity contribution in [1.29, 1.82) is 5.26 Å². The van der Waals surface area contributed by atoms with Gasteiger partial charge in [0.15, 0.2) is 0 Å². The molecule has 14 heavy (non-hydrogen) atoms. The number of nitrogens with zero attached hydrogens (tertiary/aromatic N) is 1. The first kappa shape index (κ1) is 10.4. The third-order valence-electron chi connectivity index (χ3n) is 1.69. The number of hydrogen-bond acceptors (Lipinski definition) is 1. The van der Waals surface area contributed by atoms with Crippen LogP contribution in [0.4, 0.5) is 12.9 Å². The smallest absolute Gasteiger partial charge is 0.445 e. The molecule has 1 aromatic carbocycles. The highest BCUT2D eigenvalue weighted by Crippen LogP contribution is 2.12. The van der Waals surface area contributed by atoms with Gasteiger partial charge in [0.2, 0.25) is 0 Å². The number of halogens is 3. The molecule has 72 valence electrons. The maximum atomic E-state index is 12.4. The molecule has 0 atom stereocenters. The first-order chi connectivity index (χ1) is 6.55. The van der Waals surface area contributed by atoms with Gasteiger partial charge in [0, 0.05) is 6.08 Å². The summed E-state index contributed by atoms with van der Waals surface area (Å²) in [5.41, 5.74) is -0.638. The Bertz CT molecular complexity index is 390. The van der Waals surface area contributed by atoms with E-state index in [0.717, 1.165) is 18.2 Å². The van der Waals surface area contributed by atoms with Crippen molar-refractivity contribution in [2.24, 2.45) is 0 Å². The summed E-state index contributed by atoms with van der Waals surface area (Å²) in [6.07, 6.45) is 2.19. The van der Waals surface area contributed by atoms with Gasteiger partial charge in [-0.15, -0.1) is 5.46 Å². The molecule has 1 nitrogen and oxygen atoms in total. The summed E-state index contributed by atoms with van der Waals surface area (Å²) in [5.74, 6) is 0. The number of nitriles is 1. The maximum absolute atomic E-state index is 12.4. The Morgan fingerprint density at radius 2 is 1.86 bits per heavy atom. The molecule has 0 radical (unpaired) electrons. The van der Waals surface area contributed by atoms with Crippen molar-refractivity contribution in [1.82, 2.24) is 0 Å². The zero-order chi connectivity index (χ0) is 10.6. The minimum absolute atomic E-state index is 0.0292. The fourth-order valence-corrected chi connectivity index (χ4v) is 1.09. The van der Waals surface area contributed by atoms with Crippen molar-refractivity contribution in [2.75, 3.05) is 0 Å². The van der Waals surface area contributed by atoms with E-state index in [2.05, 4.69) is 0 Å². The van der Waals surface area contributed by atoms with Crippen molar-refractivity contribution < 1.29 is 12.9 Å². The average Bonchev–Trinajstić information content (AvgIpc) is 2.14. The summed E-state index contributed by atoms with van der Waals surface area (Å²) < 4.78 is 37.3. The summed E-state index contributed by atoms with van der Waals surface area (Å²) in [6.45, 7) is -5.01. The zero-order valence-electron chi connectivity index (χ0n) is 7.12. The van der Waals surface area contributed by atoms with E-state index in [9.17, 15) is 12.9 Å². The lowest BCUT2D eigenvalue weighted by molar-refractivity contribution is 0.501. The van der Waals surface area contributed by atoms with Crippen LogP contribution in [0, 0.1) is 11.3 Å². The topological polar surface area (TPSA) is 23.8 Å². The van der Waals surface area contributed by atoms with Gasteiger partial charge < -0.3 is 12.9 Å². The normalized spacial score (nSPS) is 11.6. The molecule has 0 aliphatic heterocycles. The molecule has 0 bridgehead atoms. The lowest BCUT2D eigenvalue weighted by Crippen LogP contribution is -2.35. The quantitative estimate of drug-likeness (QED) is 0.525. The van der Waals surface area contributed by atoms with Crippen molar-refractivity contribution in [2.45, 2.75) is 0 Å². The molecule has 0 N–H and O–H groups in total. The molecule has 0 amide bonds. The maximum Gasteiger partial charge on any atom is 0.510 e. The second-order valence-corrected chi connectivity index (χ2v) is 2.67. The van der Waals surface area contributed by atoms with Crippen LogP contribution in [0.15, 0.2) is 30.3 Å². The van der Waals surface area contributed by atoms with Gasteiger partial charge >= 0.3 is 6.98 Å². The standard InChI is InChI=1S/C9H6BF3N/c11-10(12,13)9-6-2-1-4-8(9)5-3-7-14/h1-6H/q-1/b5-3+. The molecular weight excluding hydrogens is 190 g/mol. The Labute approximate surface area is 79.5 Å². The lowest BCUT2D eigenvalue weighted by Gasteiger charge is -2.17. The summed E-state index contributed by atoms with van der Waals surface area (Å²) in [4.78, 5) is 0. The fourth-order valence-electron chi connectivity index (χ4n) is 1.09. The van der Waals surface area contributed by atoms with Crippen LogP contribution in [-0.2, 0) is 0 Å². The van der Waals surface area contributed by atoms with Gasteiger partial charge in [0.05, 0.1) is 6.07 Å². The van der Waals surface area contributed by atoms with Gasteiger partial charge in [-0.2, -0.15) is 5.26 Å². The number of rotatable bonds is 2. The lowest BCUT2D eigenvalue weighted by atomic mass is 9.77. The van der Waals surface area contributed by atoms with E-state index < -0.39 is 12.4 Å². The first-order valence-corrected chi connectivity index (χ1v) is 3.90. The molecule has 0 fully saturated rings. The van der Waals surface area contributed by atoms with E-state index in [0.29, 0.717) is 0 Å². The summed E-state index contributed by atoms with van der Waals surface area (Å²) in [7, 11) is 0. The van der Waals surface area contributed by atoms with Gasteiger partial charge in [-0.3, -0.25) is 0 Å². The summed E-state index contributed by atoms with van der Waals surface area (Å²) in [5, 5.41) is 8.21. The van der Waals surface area contributed by atoms with Crippen molar-refractivity contribution >= 4 is 18.5 Å². The average molecular weight is 196 g/mol. The second-order valence-electron chi connectivity index (χ2n) is 2.67. The Morgan fingerprint density at radius 3 is 2.43 bits per heavy atom. The fraction of sp³-hybridized carbons (Fsp3) is 0. The predicted octanol–water partition coefficient (Wildman–Crippen LogP) is 2.28. The van der Waals surface area contributed by atoms with Crippen LogP contribution in [0.3, 0.4) is 0 Å². The molecular formula is C9H6BF3N-. The Balaban J connectivity index is 3.18. The highest BCUT2D eigenvalue weighted by atomic mass is 19.4. The molecule has 1 rings (SSSR count). The van der Waals surface area contributed by atoms with E-state index in [1.807, 2.05) is 0 Å². The van der Waals surface area contributed by atoms with Crippen LogP contribution in [0.1, 0.15) is 5.56 Å². The van der Waals surface area contributed by atoms with Crippen molar-refractivity contribution in [3.8, 4) is 6.07 Å². The Kier molecular flexibility index (Phi) is 2.97. The van der Waals surface area contributed by atoms with E-state index >= 15 is 0 Å². The van der Waals surface area contributed by atoms with Gasteiger partial charge in [-0.25, -0.2) is 0 Å². The van der Waals surface area contributed by atoms with Crippen molar-refractivity contribution in [3.63, 3.8) is 0 Å². The van der Waals surface area contributed by atoms with Crippen LogP contribution < -0.4 is 5.46 Å². The SMILES string of the molecule is N#C/C=C/c1ccccc1[B-](F)(F)F. The van der Waals surface area contributed by atoms with Crippen molar-refractivity contribution in [3.05, 3.63) is 35.9 Å². The second kappa shape index (κ2) is 4.01. The number of benzene rings is 1. The van der Waals surface area contributed by atoms with Gasteiger partial charge in [0.1, 0.15) is 0 Å². The van der Waals surface area contributed by atoms with E-state index in [4.69, 9.17) is 5.26 Å². The van der Waals surface area contributed by atoms with Gasteiger partial charge in [-0.1, -0.05) is 29.8 Å². The molecule has 5 heteroatoms. The van der Waals surface area contributed by atoms with Gasteiger partial charge in [0.25, 0.3) is 0 Å². The Morgan fingerprint density at radius 1 is 1.21 bits per heavy atom. The van der Waals surface area contributed by atoms with Crippen LogP contribution in [0.5, 0.6) is 0 Å². The molecule has 0 aliphatic carbocycles. The number of hydrogen-bond donors (Lipinski definition) is 0.